The fourth-order valence-corrected chi connectivity index (χ4v) is 4.08. The summed E-state index contributed by atoms with van der Waals surface area (Å²) in [5.74, 6) is -2.13. The van der Waals surface area contributed by atoms with E-state index in [-0.39, 0.29) is 16.9 Å². The molecule has 3 N–H and O–H groups in total. The first kappa shape index (κ1) is 15.2. The predicted molar refractivity (Wildman–Crippen MR) is 72.4 cm³/mol. The van der Waals surface area contributed by atoms with Crippen LogP contribution >= 0.6 is 0 Å². The number of nitrogens with one attached hydrogen (secondary N) is 1. The van der Waals surface area contributed by atoms with E-state index in [9.17, 15) is 17.2 Å². The van der Waals surface area contributed by atoms with Crippen molar-refractivity contribution in [2.45, 2.75) is 38.6 Å². The molecule has 1 aliphatic rings. The molecule has 1 aliphatic carbocycles. The van der Waals surface area contributed by atoms with E-state index in [1.165, 1.54) is 0 Å². The fraction of sp³-hybridized carbons (Fsp3) is 0.538. The predicted octanol–water partition coefficient (Wildman–Crippen LogP) is 2.26. The molecule has 2 rings (SSSR count). The maximum absolute atomic E-state index is 13.7. The quantitative estimate of drug-likeness (QED) is 0.841. The third kappa shape index (κ3) is 2.09. The smallest absolute Gasteiger partial charge is 0.243 e. The Balaban J connectivity index is 2.36. The van der Waals surface area contributed by atoms with Gasteiger partial charge >= 0.3 is 0 Å². The number of nitrogen functional groups attached to an aromatic ring is 1. The molecule has 0 aliphatic heterocycles. The van der Waals surface area contributed by atoms with Gasteiger partial charge in [0.15, 0.2) is 0 Å². The van der Waals surface area contributed by atoms with E-state index < -0.39 is 32.2 Å². The second kappa shape index (κ2) is 4.14. The summed E-state index contributed by atoms with van der Waals surface area (Å²) in [6.07, 6.45) is 0. The molecule has 0 amide bonds. The maximum atomic E-state index is 13.7. The number of sulfonamides is 1. The Morgan fingerprint density at radius 1 is 1.10 bits per heavy atom. The number of halogens is 2. The zero-order valence-corrected chi connectivity index (χ0v) is 12.6. The van der Waals surface area contributed by atoms with Gasteiger partial charge in [-0.3, -0.25) is 0 Å². The summed E-state index contributed by atoms with van der Waals surface area (Å²) in [4.78, 5) is -0.630. The summed E-state index contributed by atoms with van der Waals surface area (Å²) in [6, 6.07) is 0.966. The van der Waals surface area contributed by atoms with Gasteiger partial charge in [0, 0.05) is 12.1 Å². The fourth-order valence-electron chi connectivity index (χ4n) is 2.46. The third-order valence-electron chi connectivity index (χ3n) is 4.63. The SMILES string of the molecule is CC1(C)C(NS(=O)(=O)c2cc(N)c(F)cc2F)C1(C)C. The van der Waals surface area contributed by atoms with Crippen LogP contribution in [0.4, 0.5) is 14.5 Å². The van der Waals surface area contributed by atoms with Crippen molar-refractivity contribution >= 4 is 15.7 Å². The van der Waals surface area contributed by atoms with Crippen LogP contribution in [0.1, 0.15) is 27.7 Å². The van der Waals surface area contributed by atoms with Crippen LogP contribution in [0, 0.1) is 22.5 Å². The van der Waals surface area contributed by atoms with Crippen LogP contribution in [0.3, 0.4) is 0 Å². The molecule has 20 heavy (non-hydrogen) atoms. The van der Waals surface area contributed by atoms with Crippen molar-refractivity contribution in [3.8, 4) is 0 Å². The topological polar surface area (TPSA) is 72.2 Å². The molecule has 4 nitrogen and oxygen atoms in total. The molecule has 112 valence electrons. The molecule has 1 saturated carbocycles. The third-order valence-corrected chi connectivity index (χ3v) is 6.07. The second-order valence-electron chi connectivity index (χ2n) is 6.30. The minimum Gasteiger partial charge on any atom is -0.396 e. The number of nitrogens with two attached hydrogens (primary N) is 1. The van der Waals surface area contributed by atoms with Crippen LogP contribution in [0.25, 0.3) is 0 Å². The molecule has 1 fully saturated rings. The molecule has 0 bridgehead atoms. The van der Waals surface area contributed by atoms with Crippen molar-refractivity contribution in [1.29, 1.82) is 0 Å². The lowest BCUT2D eigenvalue weighted by molar-refractivity contribution is 0.457. The first-order chi connectivity index (χ1) is 8.91. The highest BCUT2D eigenvalue weighted by Crippen LogP contribution is 2.62. The number of hydrogen-bond acceptors (Lipinski definition) is 3. The molecule has 0 aromatic heterocycles. The van der Waals surface area contributed by atoms with Gasteiger partial charge in [-0.2, -0.15) is 0 Å². The second-order valence-corrected chi connectivity index (χ2v) is 7.98. The Bertz CT molecular complexity index is 655. The van der Waals surface area contributed by atoms with Gasteiger partial charge in [0.1, 0.15) is 16.5 Å². The Morgan fingerprint density at radius 2 is 1.60 bits per heavy atom. The zero-order chi connectivity index (χ0) is 15.5. The van der Waals surface area contributed by atoms with Crippen LogP contribution in [0.2, 0.25) is 0 Å². The average molecular weight is 304 g/mol. The number of anilines is 1. The van der Waals surface area contributed by atoms with Crippen LogP contribution in [-0.4, -0.2) is 14.5 Å². The normalized spacial score (nSPS) is 20.9. The van der Waals surface area contributed by atoms with Gasteiger partial charge < -0.3 is 5.73 Å². The summed E-state index contributed by atoms with van der Waals surface area (Å²) in [6.45, 7) is 7.70. The van der Waals surface area contributed by atoms with Crippen molar-refractivity contribution in [2.24, 2.45) is 10.8 Å². The lowest BCUT2D eigenvalue weighted by Gasteiger charge is -2.10. The van der Waals surface area contributed by atoms with Crippen molar-refractivity contribution in [3.63, 3.8) is 0 Å². The van der Waals surface area contributed by atoms with Gasteiger partial charge in [-0.05, 0) is 16.9 Å². The van der Waals surface area contributed by atoms with Crippen LogP contribution in [0.15, 0.2) is 17.0 Å². The highest BCUT2D eigenvalue weighted by atomic mass is 32.2. The average Bonchev–Trinajstić information content (AvgIpc) is 2.65. The van der Waals surface area contributed by atoms with Crippen LogP contribution in [0.5, 0.6) is 0 Å². The Kier molecular flexibility index (Phi) is 3.15. The molecule has 0 saturated heterocycles. The molecule has 0 radical (unpaired) electrons. The molecule has 0 unspecified atom stereocenters. The Morgan fingerprint density at radius 3 is 2.05 bits per heavy atom. The largest absolute Gasteiger partial charge is 0.396 e. The Hall–Kier alpha value is -1.21. The van der Waals surface area contributed by atoms with Crippen LogP contribution < -0.4 is 10.5 Å². The van der Waals surface area contributed by atoms with Crippen LogP contribution in [-0.2, 0) is 10.0 Å². The minimum atomic E-state index is -4.08. The van der Waals surface area contributed by atoms with E-state index in [1.54, 1.807) is 0 Å². The first-order valence-corrected chi connectivity index (χ1v) is 7.66. The molecule has 0 atom stereocenters. The van der Waals surface area contributed by atoms with Gasteiger partial charge in [0.05, 0.1) is 5.69 Å². The molecular weight excluding hydrogens is 286 g/mol. The lowest BCUT2D eigenvalue weighted by atomic mass is 10.0. The molecule has 0 heterocycles. The summed E-state index contributed by atoms with van der Waals surface area (Å²) in [7, 11) is -4.08. The summed E-state index contributed by atoms with van der Waals surface area (Å²) >= 11 is 0. The van der Waals surface area contributed by atoms with Gasteiger partial charge in [-0.15, -0.1) is 0 Å². The zero-order valence-electron chi connectivity index (χ0n) is 11.8. The van der Waals surface area contributed by atoms with Gasteiger partial charge in [-0.1, -0.05) is 27.7 Å². The molecular formula is C13H18F2N2O2S. The lowest BCUT2D eigenvalue weighted by Crippen LogP contribution is -2.30. The van der Waals surface area contributed by atoms with E-state index in [0.29, 0.717) is 6.07 Å². The van der Waals surface area contributed by atoms with E-state index >= 15 is 0 Å². The molecule has 1 aromatic carbocycles. The van der Waals surface area contributed by atoms with E-state index in [2.05, 4.69) is 4.72 Å². The molecule has 0 spiro atoms. The summed E-state index contributed by atoms with van der Waals surface area (Å²) < 4.78 is 53.7. The maximum Gasteiger partial charge on any atom is 0.243 e. The number of hydrogen-bond donors (Lipinski definition) is 2. The Labute approximate surface area is 117 Å². The van der Waals surface area contributed by atoms with Crippen molar-refractivity contribution in [2.75, 3.05) is 5.73 Å². The summed E-state index contributed by atoms with van der Waals surface area (Å²) in [5.41, 5.74) is 4.44. The van der Waals surface area contributed by atoms with Gasteiger partial charge in [0.2, 0.25) is 10.0 Å². The van der Waals surface area contributed by atoms with E-state index in [4.69, 9.17) is 5.73 Å². The summed E-state index contributed by atoms with van der Waals surface area (Å²) in [5, 5.41) is 0. The minimum absolute atomic E-state index is 0.234. The first-order valence-electron chi connectivity index (χ1n) is 6.18. The highest BCUT2D eigenvalue weighted by molar-refractivity contribution is 7.89. The van der Waals surface area contributed by atoms with E-state index in [1.807, 2.05) is 27.7 Å². The van der Waals surface area contributed by atoms with Gasteiger partial charge in [0.25, 0.3) is 0 Å². The van der Waals surface area contributed by atoms with Gasteiger partial charge in [-0.25, -0.2) is 21.9 Å². The number of benzene rings is 1. The number of rotatable bonds is 3. The molecule has 7 heteroatoms. The standard InChI is InChI=1S/C13H18F2N2O2S/c1-12(2)11(13(12,3)4)17-20(18,19)10-6-9(16)7(14)5-8(10)15/h5-6,11,17H,16H2,1-4H3. The van der Waals surface area contributed by atoms with Crippen molar-refractivity contribution < 1.29 is 17.2 Å². The molecule has 1 aromatic rings. The van der Waals surface area contributed by atoms with Crippen molar-refractivity contribution in [3.05, 3.63) is 23.8 Å². The monoisotopic (exact) mass is 304 g/mol. The van der Waals surface area contributed by atoms with Crippen molar-refractivity contribution in [1.82, 2.24) is 4.72 Å². The van der Waals surface area contributed by atoms with E-state index in [0.717, 1.165) is 6.07 Å². The highest BCUT2D eigenvalue weighted by Gasteiger charge is 2.66.